The zero-order chi connectivity index (χ0) is 25.3. The Morgan fingerprint density at radius 2 is 1.44 bits per heavy atom. The highest BCUT2D eigenvalue weighted by Gasteiger charge is 2.29. The van der Waals surface area contributed by atoms with E-state index >= 15 is 0 Å². The van der Waals surface area contributed by atoms with E-state index in [4.69, 9.17) is 9.73 Å². The minimum absolute atomic E-state index is 0.976. The molecule has 4 nitrogen and oxygen atoms in total. The second kappa shape index (κ2) is 13.6. The van der Waals surface area contributed by atoms with Crippen molar-refractivity contribution >= 4 is 22.9 Å². The van der Waals surface area contributed by atoms with Gasteiger partial charge in [-0.1, -0.05) is 53.4 Å². The Hall–Kier alpha value is -1.85. The van der Waals surface area contributed by atoms with Gasteiger partial charge in [0.05, 0.1) is 5.56 Å². The maximum Gasteiger partial charge on any atom is 0.153 e. The van der Waals surface area contributed by atoms with Crippen LogP contribution in [0.25, 0.3) is 0 Å². The van der Waals surface area contributed by atoms with E-state index in [1.807, 2.05) is 0 Å². The van der Waals surface area contributed by atoms with Crippen LogP contribution in [0.5, 0.6) is 11.5 Å². The third kappa shape index (κ3) is 6.34. The van der Waals surface area contributed by atoms with Gasteiger partial charge in [0.15, 0.2) is 5.75 Å². The second-order valence-electron chi connectivity index (χ2n) is 10.5. The van der Waals surface area contributed by atoms with E-state index in [2.05, 4.69) is 54.3 Å². The lowest BCUT2D eigenvalue weighted by atomic mass is 9.89. The molecule has 4 rings (SSSR count). The first-order chi connectivity index (χ1) is 17.7. The van der Waals surface area contributed by atoms with Crippen molar-refractivity contribution in [1.82, 2.24) is 9.80 Å². The van der Waals surface area contributed by atoms with Crippen LogP contribution in [0.3, 0.4) is 0 Å². The minimum Gasteiger partial charge on any atom is -0.453 e. The molecule has 0 radical (unpaired) electrons. The molecule has 2 aromatic rings. The van der Waals surface area contributed by atoms with Crippen molar-refractivity contribution in [3.63, 3.8) is 0 Å². The van der Waals surface area contributed by atoms with Gasteiger partial charge in [-0.05, 0) is 74.2 Å². The van der Waals surface area contributed by atoms with E-state index in [0.717, 1.165) is 68.5 Å². The van der Waals surface area contributed by atoms with Gasteiger partial charge < -0.3 is 9.64 Å². The Bertz CT molecular complexity index is 1000. The molecule has 0 bridgehead atoms. The molecule has 0 unspecified atom stereocenters. The van der Waals surface area contributed by atoms with Crippen molar-refractivity contribution in [2.45, 2.75) is 98.3 Å². The lowest BCUT2D eigenvalue weighted by Crippen LogP contribution is -2.49. The molecule has 198 valence electrons. The first-order valence-corrected chi connectivity index (χ1v) is 15.6. The molecule has 36 heavy (non-hydrogen) atoms. The SMILES string of the molecule is CCCCc1cc2c(c(CCCC)c1CCCC)N=C(N1CCN(CCCC)CC1)c1cscc1O2. The predicted molar refractivity (Wildman–Crippen MR) is 156 cm³/mol. The van der Waals surface area contributed by atoms with E-state index in [1.54, 1.807) is 16.9 Å². The third-order valence-corrected chi connectivity index (χ3v) is 8.46. The van der Waals surface area contributed by atoms with Gasteiger partial charge in [0.1, 0.15) is 17.3 Å². The number of nitrogens with zero attached hydrogens (tertiary/aromatic N) is 3. The summed E-state index contributed by atoms with van der Waals surface area (Å²) in [7, 11) is 0. The number of piperazine rings is 1. The quantitative estimate of drug-likeness (QED) is 0.288. The lowest BCUT2D eigenvalue weighted by molar-refractivity contribution is 0.180. The van der Waals surface area contributed by atoms with Gasteiger partial charge in [-0.25, -0.2) is 4.99 Å². The lowest BCUT2D eigenvalue weighted by Gasteiger charge is -2.36. The van der Waals surface area contributed by atoms with Crippen LogP contribution in [0.1, 0.15) is 101 Å². The fraction of sp³-hybridized carbons (Fsp3) is 0.645. The van der Waals surface area contributed by atoms with Crippen molar-refractivity contribution in [3.05, 3.63) is 39.1 Å². The van der Waals surface area contributed by atoms with E-state index in [0.29, 0.717) is 0 Å². The van der Waals surface area contributed by atoms with Crippen molar-refractivity contribution in [2.24, 2.45) is 4.99 Å². The van der Waals surface area contributed by atoms with Gasteiger partial charge in [-0.15, -0.1) is 11.3 Å². The maximum absolute atomic E-state index is 6.70. The molecule has 1 fully saturated rings. The number of amidine groups is 1. The van der Waals surface area contributed by atoms with E-state index < -0.39 is 0 Å². The molecule has 0 spiro atoms. The summed E-state index contributed by atoms with van der Waals surface area (Å²) in [5.41, 5.74) is 6.80. The van der Waals surface area contributed by atoms with E-state index in [-0.39, 0.29) is 0 Å². The third-order valence-electron chi connectivity index (χ3n) is 7.74. The van der Waals surface area contributed by atoms with Crippen LogP contribution in [0, 0.1) is 0 Å². The summed E-state index contributed by atoms with van der Waals surface area (Å²) in [5, 5.41) is 4.41. The summed E-state index contributed by atoms with van der Waals surface area (Å²) < 4.78 is 6.70. The van der Waals surface area contributed by atoms with Crippen molar-refractivity contribution in [2.75, 3.05) is 32.7 Å². The standard InChI is InChI=1S/C31H47N3OS/c1-5-9-13-24-21-28-30(26(15-11-7-3)25(24)14-10-6-2)32-31(27-22-36-23-29(27)35-28)34-19-17-33(18-20-34)16-12-8-4/h21-23H,5-20H2,1-4H3. The number of hydrogen-bond donors (Lipinski definition) is 0. The average Bonchev–Trinajstić information content (AvgIpc) is 3.30. The van der Waals surface area contributed by atoms with Crippen LogP contribution in [0.2, 0.25) is 0 Å². The molecule has 2 aliphatic rings. The molecule has 0 atom stereocenters. The normalized spacial score (nSPS) is 15.8. The molecular formula is C31H47N3OS. The van der Waals surface area contributed by atoms with Crippen LogP contribution >= 0.6 is 11.3 Å². The number of benzene rings is 1. The highest BCUT2D eigenvalue weighted by molar-refractivity contribution is 7.08. The fourth-order valence-corrected chi connectivity index (χ4v) is 6.22. The van der Waals surface area contributed by atoms with E-state index in [1.165, 1.54) is 74.6 Å². The van der Waals surface area contributed by atoms with Crippen LogP contribution in [0.4, 0.5) is 5.69 Å². The maximum atomic E-state index is 6.70. The molecule has 0 amide bonds. The first-order valence-electron chi connectivity index (χ1n) is 14.7. The van der Waals surface area contributed by atoms with Gasteiger partial charge >= 0.3 is 0 Å². The predicted octanol–water partition coefficient (Wildman–Crippen LogP) is 8.38. The number of ether oxygens (including phenoxy) is 1. The Balaban J connectivity index is 1.77. The number of thiophene rings is 1. The van der Waals surface area contributed by atoms with E-state index in [9.17, 15) is 0 Å². The minimum atomic E-state index is 0.976. The number of hydrogen-bond acceptors (Lipinski definition) is 5. The molecule has 0 N–H and O–H groups in total. The summed E-state index contributed by atoms with van der Waals surface area (Å²) in [6.07, 6.45) is 13.2. The zero-order valence-electron chi connectivity index (χ0n) is 23.2. The number of unbranched alkanes of at least 4 members (excludes halogenated alkanes) is 4. The molecule has 0 saturated carbocycles. The Morgan fingerprint density at radius 1 is 0.778 bits per heavy atom. The Morgan fingerprint density at radius 3 is 2.14 bits per heavy atom. The molecule has 1 saturated heterocycles. The molecule has 3 heterocycles. The van der Waals surface area contributed by atoms with Crippen LogP contribution < -0.4 is 4.74 Å². The number of aliphatic imine (C=N–C) groups is 1. The summed E-state index contributed by atoms with van der Waals surface area (Å²) in [4.78, 5) is 10.6. The highest BCUT2D eigenvalue weighted by Crippen LogP contribution is 2.45. The first kappa shape index (κ1) is 27.2. The molecule has 1 aromatic heterocycles. The summed E-state index contributed by atoms with van der Waals surface area (Å²) in [5.74, 6) is 3.08. The smallest absolute Gasteiger partial charge is 0.153 e. The Labute approximate surface area is 223 Å². The molecule has 2 aliphatic heterocycles. The topological polar surface area (TPSA) is 28.1 Å². The van der Waals surface area contributed by atoms with Gasteiger partial charge in [0.25, 0.3) is 0 Å². The van der Waals surface area contributed by atoms with Crippen LogP contribution in [-0.4, -0.2) is 48.4 Å². The molecular weight excluding hydrogens is 462 g/mol. The van der Waals surface area contributed by atoms with Gasteiger partial charge in [-0.3, -0.25) is 4.90 Å². The number of fused-ring (bicyclic) bond motifs is 2. The summed E-state index contributed by atoms with van der Waals surface area (Å²) in [6, 6.07) is 2.35. The fourth-order valence-electron chi connectivity index (χ4n) is 5.50. The monoisotopic (exact) mass is 509 g/mol. The van der Waals surface area contributed by atoms with Crippen molar-refractivity contribution in [1.29, 1.82) is 0 Å². The average molecular weight is 510 g/mol. The summed E-state index contributed by atoms with van der Waals surface area (Å²) in [6.45, 7) is 14.7. The largest absolute Gasteiger partial charge is 0.453 e. The summed E-state index contributed by atoms with van der Waals surface area (Å²) >= 11 is 1.73. The van der Waals surface area contributed by atoms with Gasteiger partial charge in [-0.2, -0.15) is 0 Å². The molecule has 5 heteroatoms. The molecule has 0 aliphatic carbocycles. The zero-order valence-corrected chi connectivity index (χ0v) is 24.0. The van der Waals surface area contributed by atoms with Crippen molar-refractivity contribution < 1.29 is 4.74 Å². The van der Waals surface area contributed by atoms with Crippen molar-refractivity contribution in [3.8, 4) is 11.5 Å². The van der Waals surface area contributed by atoms with Crippen LogP contribution in [-0.2, 0) is 19.3 Å². The second-order valence-corrected chi connectivity index (χ2v) is 11.3. The van der Waals surface area contributed by atoms with Gasteiger partial charge in [0.2, 0.25) is 0 Å². The van der Waals surface area contributed by atoms with Gasteiger partial charge in [0, 0.05) is 36.9 Å². The Kier molecular flexibility index (Phi) is 10.3. The number of aryl methyl sites for hydroxylation is 1. The highest BCUT2D eigenvalue weighted by atomic mass is 32.1. The van der Waals surface area contributed by atoms with Crippen LogP contribution in [0.15, 0.2) is 21.8 Å². The molecule has 1 aromatic carbocycles. The number of rotatable bonds is 12.